The number of hydrogen-bond donors (Lipinski definition) is 2. The number of nitrogens with zero attached hydrogens (tertiary/aromatic N) is 3. The molecular formula is C31H37N5O6S. The Morgan fingerprint density at radius 3 is 2.56 bits per heavy atom. The summed E-state index contributed by atoms with van der Waals surface area (Å²) >= 11 is 1.23. The maximum absolute atomic E-state index is 13.1. The lowest BCUT2D eigenvalue weighted by molar-refractivity contribution is -0.139. The first-order valence-electron chi connectivity index (χ1n) is 14.3. The summed E-state index contributed by atoms with van der Waals surface area (Å²) in [7, 11) is 0. The zero-order valence-electron chi connectivity index (χ0n) is 24.7. The predicted octanol–water partition coefficient (Wildman–Crippen LogP) is 5.15. The normalized spacial score (nSPS) is 17.0. The topological polar surface area (TPSA) is 140 Å². The highest BCUT2D eigenvalue weighted by molar-refractivity contribution is 7.03. The molecule has 0 bridgehead atoms. The number of carbonyl (C=O) groups is 4. The first-order valence-corrected chi connectivity index (χ1v) is 15.1. The van der Waals surface area contributed by atoms with E-state index in [1.54, 1.807) is 30.5 Å². The minimum atomic E-state index is -1.04. The molecule has 0 aliphatic carbocycles. The zero-order valence-corrected chi connectivity index (χ0v) is 25.6. The van der Waals surface area contributed by atoms with E-state index >= 15 is 0 Å². The minimum Gasteiger partial charge on any atom is -0.444 e. The van der Waals surface area contributed by atoms with E-state index in [1.165, 1.54) is 16.4 Å². The average molecular weight is 608 g/mol. The number of aromatic nitrogens is 2. The Bertz CT molecular complexity index is 1420. The van der Waals surface area contributed by atoms with Gasteiger partial charge in [0.1, 0.15) is 23.6 Å². The van der Waals surface area contributed by atoms with Crippen LogP contribution in [0.4, 0.5) is 9.59 Å². The number of hydrogen-bond acceptors (Lipinski definition) is 9. The van der Waals surface area contributed by atoms with Crippen LogP contribution in [-0.2, 0) is 14.3 Å². The number of amides is 3. The number of nitrogens with one attached hydrogen (secondary N) is 2. The molecule has 3 amide bonds. The monoisotopic (exact) mass is 607 g/mol. The van der Waals surface area contributed by atoms with E-state index in [9.17, 15) is 19.2 Å². The molecule has 1 aliphatic rings. The van der Waals surface area contributed by atoms with Crippen molar-refractivity contribution in [3.63, 3.8) is 0 Å². The van der Waals surface area contributed by atoms with Gasteiger partial charge in [0.25, 0.3) is 5.91 Å². The van der Waals surface area contributed by atoms with Gasteiger partial charge in [0.2, 0.25) is 5.78 Å². The molecule has 43 heavy (non-hydrogen) atoms. The third-order valence-electron chi connectivity index (χ3n) is 7.38. The smallest absolute Gasteiger partial charge is 0.415 e. The van der Waals surface area contributed by atoms with Gasteiger partial charge >= 0.3 is 12.2 Å². The molecule has 0 radical (unpaired) electrons. The Balaban J connectivity index is 1.34. The van der Waals surface area contributed by atoms with Crippen LogP contribution >= 0.6 is 11.5 Å². The van der Waals surface area contributed by atoms with Crippen LogP contribution in [0.2, 0.25) is 0 Å². The van der Waals surface area contributed by atoms with E-state index < -0.39 is 41.4 Å². The standard InChI is InChI=1S/C31H37N5O6S/c1-5-6-15-24(27(37)28(38)32-20(2)21-11-8-7-9-12-21)33-29(39)42-26-17-36(19-31(26,3)4)30(40)41-23-14-10-13-22(16-23)25-18-43-35-34-25/h7-14,16,18,20,24,26H,5-6,15,17,19H2,1-4H3,(H,32,38)(H,33,39)/t20-,24+,26-/m1/s1. The van der Waals surface area contributed by atoms with Crippen LogP contribution in [0.5, 0.6) is 5.75 Å². The van der Waals surface area contributed by atoms with Crippen LogP contribution in [0.3, 0.4) is 0 Å². The summed E-state index contributed by atoms with van der Waals surface area (Å²) in [6.07, 6.45) is -0.364. The minimum absolute atomic E-state index is 0.109. The van der Waals surface area contributed by atoms with Gasteiger partial charge in [0.05, 0.1) is 12.6 Å². The molecule has 0 spiro atoms. The zero-order chi connectivity index (χ0) is 31.0. The lowest BCUT2D eigenvalue weighted by atomic mass is 9.90. The summed E-state index contributed by atoms with van der Waals surface area (Å²) in [6.45, 7) is 7.91. The van der Waals surface area contributed by atoms with E-state index in [0.29, 0.717) is 24.3 Å². The van der Waals surface area contributed by atoms with Gasteiger partial charge in [-0.2, -0.15) is 0 Å². The van der Waals surface area contributed by atoms with E-state index in [-0.39, 0.29) is 19.1 Å². The molecule has 0 saturated carbocycles. The molecule has 4 rings (SSSR count). The summed E-state index contributed by atoms with van der Waals surface area (Å²) in [5.41, 5.74) is 1.73. The number of likely N-dealkylation sites (tertiary alicyclic amines) is 1. The van der Waals surface area contributed by atoms with Crippen molar-refractivity contribution in [2.75, 3.05) is 13.1 Å². The number of carbonyl (C=O) groups excluding carboxylic acids is 4. The molecule has 0 unspecified atom stereocenters. The van der Waals surface area contributed by atoms with Crippen molar-refractivity contribution in [2.45, 2.75) is 65.1 Å². The molecule has 2 N–H and O–H groups in total. The summed E-state index contributed by atoms with van der Waals surface area (Å²) in [5, 5.41) is 11.2. The van der Waals surface area contributed by atoms with Crippen LogP contribution in [0.15, 0.2) is 60.0 Å². The van der Waals surface area contributed by atoms with Crippen molar-refractivity contribution in [2.24, 2.45) is 5.41 Å². The maximum Gasteiger partial charge on any atom is 0.415 e. The summed E-state index contributed by atoms with van der Waals surface area (Å²) in [6, 6.07) is 14.9. The quantitative estimate of drug-likeness (QED) is 0.286. The second-order valence-electron chi connectivity index (χ2n) is 11.3. The molecule has 228 valence electrons. The van der Waals surface area contributed by atoms with Gasteiger partial charge in [0.15, 0.2) is 0 Å². The third kappa shape index (κ3) is 8.38. The second-order valence-corrected chi connectivity index (χ2v) is 11.9. The molecule has 1 aliphatic heterocycles. The Labute approximate surface area is 255 Å². The molecule has 2 aromatic carbocycles. The van der Waals surface area contributed by atoms with Crippen molar-refractivity contribution in [3.05, 3.63) is 65.5 Å². The van der Waals surface area contributed by atoms with E-state index in [4.69, 9.17) is 9.47 Å². The summed E-state index contributed by atoms with van der Waals surface area (Å²) in [5.74, 6) is -1.16. The highest BCUT2D eigenvalue weighted by Crippen LogP contribution is 2.33. The number of benzene rings is 2. The van der Waals surface area contributed by atoms with Gasteiger partial charge in [-0.15, -0.1) is 5.10 Å². The van der Waals surface area contributed by atoms with Crippen molar-refractivity contribution < 1.29 is 28.7 Å². The molecule has 1 saturated heterocycles. The average Bonchev–Trinajstić information content (AvgIpc) is 3.63. The van der Waals surface area contributed by atoms with Gasteiger partial charge in [-0.05, 0) is 42.6 Å². The SMILES string of the molecule is CCCC[C@H](NC(=O)O[C@@H]1CN(C(=O)Oc2cccc(-c3csnn3)c2)CC1(C)C)C(=O)C(=O)N[C@H](C)c1ccccc1. The highest BCUT2D eigenvalue weighted by atomic mass is 32.1. The largest absolute Gasteiger partial charge is 0.444 e. The fourth-order valence-corrected chi connectivity index (χ4v) is 5.32. The molecular weight excluding hydrogens is 570 g/mol. The predicted molar refractivity (Wildman–Crippen MR) is 161 cm³/mol. The Morgan fingerprint density at radius 2 is 1.86 bits per heavy atom. The number of alkyl carbamates (subject to hydrolysis) is 1. The fourth-order valence-electron chi connectivity index (χ4n) is 4.85. The first-order chi connectivity index (χ1) is 20.6. The van der Waals surface area contributed by atoms with Crippen LogP contribution in [0.1, 0.15) is 58.6 Å². The molecule has 3 atom stereocenters. The van der Waals surface area contributed by atoms with E-state index in [2.05, 4.69) is 20.2 Å². The summed E-state index contributed by atoms with van der Waals surface area (Å²) < 4.78 is 15.2. The van der Waals surface area contributed by atoms with Gasteiger partial charge in [-0.3, -0.25) is 9.59 Å². The molecule has 1 aromatic heterocycles. The number of unbranched alkanes of at least 4 members (excludes halogenated alkanes) is 1. The lowest BCUT2D eigenvalue weighted by Crippen LogP contribution is -2.49. The molecule has 3 aromatic rings. The van der Waals surface area contributed by atoms with E-state index in [0.717, 1.165) is 17.5 Å². The Kier molecular flexibility index (Phi) is 10.5. The van der Waals surface area contributed by atoms with Crippen molar-refractivity contribution in [1.29, 1.82) is 0 Å². The van der Waals surface area contributed by atoms with Gasteiger partial charge in [-0.25, -0.2) is 9.59 Å². The number of ether oxygens (including phenoxy) is 2. The fraction of sp³-hybridized carbons (Fsp3) is 0.419. The van der Waals surface area contributed by atoms with Crippen molar-refractivity contribution in [1.82, 2.24) is 25.1 Å². The molecule has 1 fully saturated rings. The van der Waals surface area contributed by atoms with Crippen LogP contribution in [0, 0.1) is 5.41 Å². The van der Waals surface area contributed by atoms with Gasteiger partial charge in [-0.1, -0.05) is 80.6 Å². The lowest BCUT2D eigenvalue weighted by Gasteiger charge is -2.26. The molecule has 12 heteroatoms. The van der Waals surface area contributed by atoms with Crippen molar-refractivity contribution in [3.8, 4) is 17.0 Å². The van der Waals surface area contributed by atoms with Crippen LogP contribution in [-0.4, -0.2) is 63.6 Å². The van der Waals surface area contributed by atoms with Gasteiger partial charge < -0.3 is 25.0 Å². The van der Waals surface area contributed by atoms with E-state index in [1.807, 2.05) is 57.2 Å². The first kappa shape index (κ1) is 31.6. The summed E-state index contributed by atoms with van der Waals surface area (Å²) in [4.78, 5) is 53.4. The number of rotatable bonds is 11. The van der Waals surface area contributed by atoms with Crippen molar-refractivity contribution >= 4 is 35.4 Å². The second kappa shape index (κ2) is 14.2. The molecule has 2 heterocycles. The third-order valence-corrected chi connectivity index (χ3v) is 7.89. The Hall–Kier alpha value is -4.32. The Morgan fingerprint density at radius 1 is 1.09 bits per heavy atom. The maximum atomic E-state index is 13.1. The van der Waals surface area contributed by atoms with Crippen LogP contribution < -0.4 is 15.4 Å². The highest BCUT2D eigenvalue weighted by Gasteiger charge is 2.45. The van der Waals surface area contributed by atoms with Crippen LogP contribution in [0.25, 0.3) is 11.3 Å². The number of Topliss-reactive ketones (excluding diaryl/α,β-unsaturated/α-hetero) is 1. The molecule has 11 nitrogen and oxygen atoms in total. The van der Waals surface area contributed by atoms with Gasteiger partial charge in [0, 0.05) is 22.9 Å². The number of ketones is 1.